The number of hydrogen-bond donors (Lipinski definition) is 2. The third kappa shape index (κ3) is 2.91. The first-order chi connectivity index (χ1) is 11.7. The summed E-state index contributed by atoms with van der Waals surface area (Å²) >= 11 is 7.36. The summed E-state index contributed by atoms with van der Waals surface area (Å²) in [5.74, 6) is 0. The van der Waals surface area contributed by atoms with Crippen molar-refractivity contribution in [3.63, 3.8) is 0 Å². The highest BCUT2D eigenvalue weighted by Gasteiger charge is 2.09. The first-order valence-corrected chi connectivity index (χ1v) is 8.50. The quantitative estimate of drug-likeness (QED) is 0.482. The second-order valence-corrected chi connectivity index (χ2v) is 6.70. The highest BCUT2D eigenvalue weighted by Crippen LogP contribution is 2.28. The van der Waals surface area contributed by atoms with E-state index < -0.39 is 0 Å². The molecule has 0 bridgehead atoms. The molecule has 0 atom stereocenters. The van der Waals surface area contributed by atoms with Crippen molar-refractivity contribution < 1.29 is 4.79 Å². The first kappa shape index (κ1) is 14.9. The number of carbonyl (C=O) groups is 1. The number of nitrogens with one attached hydrogen (secondary N) is 2. The highest BCUT2D eigenvalue weighted by atomic mass is 35.5. The molecule has 0 fully saturated rings. The molecule has 0 saturated heterocycles. The molecule has 6 heteroatoms. The second kappa shape index (κ2) is 6.11. The molecular formula is C18H12ClN3OS. The van der Waals surface area contributed by atoms with Gasteiger partial charge in [0, 0.05) is 10.4 Å². The molecule has 118 valence electrons. The number of rotatable bonds is 2. The number of hydrogen-bond acceptors (Lipinski definition) is 3. The standard InChI is InChI=1S/C18H12ClN3OS/c19-12-8-9-15-16(10-12)24-18(21-15)22-17(23)20-14-7-3-5-11-4-1-2-6-13(11)14/h1-10H,(H2,20,21,22,23). The van der Waals surface area contributed by atoms with E-state index in [-0.39, 0.29) is 6.03 Å². The van der Waals surface area contributed by atoms with Gasteiger partial charge in [-0.15, -0.1) is 0 Å². The van der Waals surface area contributed by atoms with E-state index in [2.05, 4.69) is 15.6 Å². The van der Waals surface area contributed by atoms with Crippen molar-refractivity contribution in [3.05, 3.63) is 65.7 Å². The van der Waals surface area contributed by atoms with Gasteiger partial charge in [0.25, 0.3) is 0 Å². The number of thiazole rings is 1. The van der Waals surface area contributed by atoms with Crippen LogP contribution in [0, 0.1) is 0 Å². The minimum Gasteiger partial charge on any atom is -0.307 e. The van der Waals surface area contributed by atoms with Crippen molar-refractivity contribution in [1.82, 2.24) is 4.98 Å². The lowest BCUT2D eigenvalue weighted by Gasteiger charge is -2.08. The van der Waals surface area contributed by atoms with Crippen molar-refractivity contribution in [3.8, 4) is 0 Å². The number of halogens is 1. The van der Waals surface area contributed by atoms with Crippen LogP contribution in [0.1, 0.15) is 0 Å². The molecule has 1 heterocycles. The van der Waals surface area contributed by atoms with Crippen LogP contribution in [0.3, 0.4) is 0 Å². The smallest absolute Gasteiger partial charge is 0.307 e. The number of amides is 2. The van der Waals surface area contributed by atoms with Gasteiger partial charge in [-0.1, -0.05) is 59.3 Å². The van der Waals surface area contributed by atoms with Gasteiger partial charge in [0.15, 0.2) is 5.13 Å². The zero-order valence-corrected chi connectivity index (χ0v) is 14.0. The Balaban J connectivity index is 1.57. The predicted octanol–water partition coefficient (Wildman–Crippen LogP) is 5.75. The van der Waals surface area contributed by atoms with Crippen molar-refractivity contribution in [1.29, 1.82) is 0 Å². The molecule has 0 aliphatic rings. The first-order valence-electron chi connectivity index (χ1n) is 7.31. The Bertz CT molecular complexity index is 1060. The van der Waals surface area contributed by atoms with Gasteiger partial charge >= 0.3 is 6.03 Å². The molecule has 1 aromatic heterocycles. The molecule has 4 rings (SSSR count). The van der Waals surface area contributed by atoms with Crippen molar-refractivity contribution in [2.75, 3.05) is 10.6 Å². The van der Waals surface area contributed by atoms with Crippen molar-refractivity contribution in [2.24, 2.45) is 0 Å². The molecule has 2 N–H and O–H groups in total. The lowest BCUT2D eigenvalue weighted by Crippen LogP contribution is -2.19. The van der Waals surface area contributed by atoms with E-state index in [0.717, 1.165) is 26.7 Å². The van der Waals surface area contributed by atoms with Gasteiger partial charge in [-0.3, -0.25) is 5.32 Å². The zero-order chi connectivity index (χ0) is 16.5. The van der Waals surface area contributed by atoms with E-state index in [4.69, 9.17) is 11.6 Å². The fraction of sp³-hybridized carbons (Fsp3) is 0. The third-order valence-electron chi connectivity index (χ3n) is 3.61. The summed E-state index contributed by atoms with van der Waals surface area (Å²) in [7, 11) is 0. The van der Waals surface area contributed by atoms with E-state index in [1.807, 2.05) is 54.6 Å². The number of fused-ring (bicyclic) bond motifs is 2. The van der Waals surface area contributed by atoms with Crippen LogP contribution in [0.15, 0.2) is 60.7 Å². The Morgan fingerprint density at radius 3 is 2.75 bits per heavy atom. The number of benzene rings is 3. The van der Waals surface area contributed by atoms with Gasteiger partial charge in [0.1, 0.15) is 0 Å². The van der Waals surface area contributed by atoms with E-state index in [0.29, 0.717) is 10.2 Å². The van der Waals surface area contributed by atoms with E-state index in [9.17, 15) is 4.79 Å². The maximum atomic E-state index is 12.3. The maximum absolute atomic E-state index is 12.3. The average Bonchev–Trinajstić information content (AvgIpc) is 2.96. The molecule has 4 aromatic rings. The highest BCUT2D eigenvalue weighted by molar-refractivity contribution is 7.22. The van der Waals surface area contributed by atoms with Crippen LogP contribution in [-0.2, 0) is 0 Å². The minimum atomic E-state index is -0.323. The minimum absolute atomic E-state index is 0.323. The number of aromatic nitrogens is 1. The third-order valence-corrected chi connectivity index (χ3v) is 4.78. The number of urea groups is 1. The molecule has 0 aliphatic carbocycles. The van der Waals surface area contributed by atoms with Crippen LogP contribution in [0.4, 0.5) is 15.6 Å². The maximum Gasteiger partial charge on any atom is 0.325 e. The monoisotopic (exact) mass is 353 g/mol. The van der Waals surface area contributed by atoms with Gasteiger partial charge in [-0.2, -0.15) is 0 Å². The molecule has 0 radical (unpaired) electrons. The summed E-state index contributed by atoms with van der Waals surface area (Å²) in [6, 6.07) is 18.8. The van der Waals surface area contributed by atoms with Gasteiger partial charge in [0.05, 0.1) is 15.9 Å². The van der Waals surface area contributed by atoms with Crippen LogP contribution < -0.4 is 10.6 Å². The number of carbonyl (C=O) groups excluding carboxylic acids is 1. The Labute approximate surface area is 147 Å². The molecule has 3 aromatic carbocycles. The number of anilines is 2. The average molecular weight is 354 g/mol. The van der Waals surface area contributed by atoms with E-state index in [1.54, 1.807) is 6.07 Å². The van der Waals surface area contributed by atoms with Crippen LogP contribution in [0.25, 0.3) is 21.0 Å². The Hall–Kier alpha value is -2.63. The van der Waals surface area contributed by atoms with Crippen molar-refractivity contribution in [2.45, 2.75) is 0 Å². The largest absolute Gasteiger partial charge is 0.325 e. The zero-order valence-electron chi connectivity index (χ0n) is 12.4. The number of nitrogens with zero attached hydrogens (tertiary/aromatic N) is 1. The van der Waals surface area contributed by atoms with Crippen LogP contribution in [0.2, 0.25) is 5.02 Å². The molecule has 0 aliphatic heterocycles. The fourth-order valence-corrected chi connectivity index (χ4v) is 3.67. The second-order valence-electron chi connectivity index (χ2n) is 5.24. The summed E-state index contributed by atoms with van der Waals surface area (Å²) in [5.41, 5.74) is 1.57. The molecular weight excluding hydrogens is 342 g/mol. The van der Waals surface area contributed by atoms with Gasteiger partial charge in [0.2, 0.25) is 0 Å². The van der Waals surface area contributed by atoms with Crippen molar-refractivity contribution >= 4 is 60.8 Å². The summed E-state index contributed by atoms with van der Waals surface area (Å²) < 4.78 is 0.933. The molecule has 0 unspecified atom stereocenters. The summed E-state index contributed by atoms with van der Waals surface area (Å²) in [6.45, 7) is 0. The van der Waals surface area contributed by atoms with Gasteiger partial charge in [-0.05, 0) is 29.7 Å². The van der Waals surface area contributed by atoms with E-state index in [1.165, 1.54) is 11.3 Å². The van der Waals surface area contributed by atoms with Crippen LogP contribution in [-0.4, -0.2) is 11.0 Å². The Morgan fingerprint density at radius 2 is 1.83 bits per heavy atom. The molecule has 0 spiro atoms. The summed E-state index contributed by atoms with van der Waals surface area (Å²) in [5, 5.41) is 8.91. The fourth-order valence-electron chi connectivity index (χ4n) is 2.54. The molecule has 4 nitrogen and oxygen atoms in total. The normalized spacial score (nSPS) is 10.9. The summed E-state index contributed by atoms with van der Waals surface area (Å²) in [4.78, 5) is 16.7. The Morgan fingerprint density at radius 1 is 1.00 bits per heavy atom. The van der Waals surface area contributed by atoms with E-state index >= 15 is 0 Å². The molecule has 0 saturated carbocycles. The van der Waals surface area contributed by atoms with Gasteiger partial charge < -0.3 is 5.32 Å². The molecule has 24 heavy (non-hydrogen) atoms. The Kier molecular flexibility index (Phi) is 3.80. The van der Waals surface area contributed by atoms with Crippen LogP contribution in [0.5, 0.6) is 0 Å². The SMILES string of the molecule is O=C(Nc1nc2ccc(Cl)cc2s1)Nc1cccc2ccccc12. The van der Waals surface area contributed by atoms with Gasteiger partial charge in [-0.25, -0.2) is 9.78 Å². The topological polar surface area (TPSA) is 54.0 Å². The van der Waals surface area contributed by atoms with Crippen LogP contribution >= 0.6 is 22.9 Å². The lowest BCUT2D eigenvalue weighted by atomic mass is 10.1. The lowest BCUT2D eigenvalue weighted by molar-refractivity contribution is 0.262. The molecule has 2 amide bonds. The summed E-state index contributed by atoms with van der Waals surface area (Å²) in [6.07, 6.45) is 0. The predicted molar refractivity (Wildman–Crippen MR) is 101 cm³/mol.